The number of rotatable bonds is 2. The summed E-state index contributed by atoms with van der Waals surface area (Å²) >= 11 is 0. The van der Waals surface area contributed by atoms with E-state index in [1.165, 1.54) is 7.11 Å². The van der Waals surface area contributed by atoms with Gasteiger partial charge in [-0.1, -0.05) is 6.07 Å². The van der Waals surface area contributed by atoms with Gasteiger partial charge >= 0.3 is 5.97 Å². The fraction of sp³-hybridized carbons (Fsp3) is 0.300. The topological polar surface area (TPSA) is 80.3 Å². The zero-order valence-corrected chi connectivity index (χ0v) is 14.5. The SMILES string of the molecule is COC(=O)[C@@H]1CC(=O)c2cc3c(cc2[C@H]1c1ccc2c(c1)OCO2)OCO3. The molecule has 27 heavy (non-hydrogen) atoms. The van der Waals surface area contributed by atoms with E-state index in [9.17, 15) is 9.59 Å². The normalized spacial score (nSPS) is 21.7. The Bertz CT molecular complexity index is 965. The molecule has 0 spiro atoms. The fourth-order valence-corrected chi connectivity index (χ4v) is 3.99. The van der Waals surface area contributed by atoms with Crippen LogP contribution in [0, 0.1) is 5.92 Å². The van der Waals surface area contributed by atoms with Gasteiger partial charge in [-0.25, -0.2) is 0 Å². The van der Waals surface area contributed by atoms with E-state index in [4.69, 9.17) is 23.7 Å². The first kappa shape index (κ1) is 16.0. The van der Waals surface area contributed by atoms with Crippen molar-refractivity contribution in [2.24, 2.45) is 5.92 Å². The largest absolute Gasteiger partial charge is 0.469 e. The Hall–Kier alpha value is -3.22. The van der Waals surface area contributed by atoms with E-state index >= 15 is 0 Å². The van der Waals surface area contributed by atoms with Gasteiger partial charge in [0.1, 0.15) is 0 Å². The Morgan fingerprint density at radius 1 is 0.963 bits per heavy atom. The highest BCUT2D eigenvalue weighted by Crippen LogP contribution is 2.48. The minimum absolute atomic E-state index is 0.0679. The Kier molecular flexibility index (Phi) is 3.50. The van der Waals surface area contributed by atoms with Gasteiger partial charge in [0, 0.05) is 17.9 Å². The summed E-state index contributed by atoms with van der Waals surface area (Å²) in [6.45, 7) is 0.277. The molecule has 0 unspecified atom stereocenters. The van der Waals surface area contributed by atoms with Crippen molar-refractivity contribution in [3.8, 4) is 23.0 Å². The second kappa shape index (κ2) is 5.90. The third-order valence-electron chi connectivity index (χ3n) is 5.25. The minimum Gasteiger partial charge on any atom is -0.469 e. The average Bonchev–Trinajstić information content (AvgIpc) is 3.33. The monoisotopic (exact) mass is 368 g/mol. The van der Waals surface area contributed by atoms with Gasteiger partial charge in [-0.15, -0.1) is 0 Å². The highest BCUT2D eigenvalue weighted by molar-refractivity contribution is 6.02. The van der Waals surface area contributed by atoms with Crippen LogP contribution < -0.4 is 18.9 Å². The first-order chi connectivity index (χ1) is 13.2. The number of hydrogen-bond acceptors (Lipinski definition) is 7. The number of carbonyl (C=O) groups is 2. The number of hydrogen-bond donors (Lipinski definition) is 0. The predicted molar refractivity (Wildman–Crippen MR) is 91.4 cm³/mol. The van der Waals surface area contributed by atoms with Crippen molar-refractivity contribution in [1.82, 2.24) is 0 Å². The molecule has 0 bridgehead atoms. The Balaban J connectivity index is 1.69. The van der Waals surface area contributed by atoms with Crippen molar-refractivity contribution in [2.45, 2.75) is 12.3 Å². The minimum atomic E-state index is -0.629. The Labute approximate surface area is 154 Å². The van der Waals surface area contributed by atoms with Crippen LogP contribution in [0.5, 0.6) is 23.0 Å². The van der Waals surface area contributed by atoms with E-state index < -0.39 is 11.9 Å². The van der Waals surface area contributed by atoms with Gasteiger partial charge < -0.3 is 23.7 Å². The smallest absolute Gasteiger partial charge is 0.310 e. The molecule has 1 aliphatic carbocycles. The molecule has 7 nitrogen and oxygen atoms in total. The molecule has 0 saturated carbocycles. The van der Waals surface area contributed by atoms with Crippen molar-refractivity contribution in [3.63, 3.8) is 0 Å². The van der Waals surface area contributed by atoms with E-state index in [0.29, 0.717) is 28.6 Å². The molecule has 3 aliphatic rings. The van der Waals surface area contributed by atoms with Gasteiger partial charge in [0.05, 0.1) is 13.0 Å². The van der Waals surface area contributed by atoms with Gasteiger partial charge in [-0.3, -0.25) is 9.59 Å². The summed E-state index contributed by atoms with van der Waals surface area (Å²) in [4.78, 5) is 25.2. The van der Waals surface area contributed by atoms with E-state index in [0.717, 1.165) is 11.1 Å². The summed E-state index contributed by atoms with van der Waals surface area (Å²) in [6, 6.07) is 9.05. The molecule has 2 atom stereocenters. The summed E-state index contributed by atoms with van der Waals surface area (Å²) in [6.07, 6.45) is 0.0679. The van der Waals surface area contributed by atoms with Crippen molar-refractivity contribution in [3.05, 3.63) is 47.0 Å². The highest BCUT2D eigenvalue weighted by atomic mass is 16.7. The molecule has 7 heteroatoms. The van der Waals surface area contributed by atoms with E-state index in [2.05, 4.69) is 0 Å². The summed E-state index contributed by atoms with van der Waals surface area (Å²) in [7, 11) is 1.33. The molecule has 0 fully saturated rings. The van der Waals surface area contributed by atoms with Gasteiger partial charge in [-0.05, 0) is 35.4 Å². The zero-order valence-electron chi connectivity index (χ0n) is 14.5. The number of esters is 1. The second-order valence-corrected chi connectivity index (χ2v) is 6.64. The van der Waals surface area contributed by atoms with Crippen molar-refractivity contribution >= 4 is 11.8 Å². The molecule has 2 aromatic rings. The molecule has 0 amide bonds. The number of carbonyl (C=O) groups excluding carboxylic acids is 2. The molecule has 0 saturated heterocycles. The summed E-state index contributed by atoms with van der Waals surface area (Å²) in [5.74, 6) is 0.859. The van der Waals surface area contributed by atoms with Crippen LogP contribution in [0.3, 0.4) is 0 Å². The van der Waals surface area contributed by atoms with Crippen LogP contribution in [0.4, 0.5) is 0 Å². The molecular formula is C20H16O7. The lowest BCUT2D eigenvalue weighted by Crippen LogP contribution is -2.32. The molecule has 2 aromatic carbocycles. The molecule has 2 aliphatic heterocycles. The maximum atomic E-state index is 12.7. The number of ether oxygens (including phenoxy) is 5. The van der Waals surface area contributed by atoms with Gasteiger partial charge in [-0.2, -0.15) is 0 Å². The Morgan fingerprint density at radius 3 is 2.37 bits per heavy atom. The lowest BCUT2D eigenvalue weighted by atomic mass is 9.71. The van der Waals surface area contributed by atoms with Crippen LogP contribution in [-0.4, -0.2) is 32.4 Å². The van der Waals surface area contributed by atoms with Crippen LogP contribution in [0.1, 0.15) is 33.8 Å². The molecule has 138 valence electrons. The number of methoxy groups -OCH3 is 1. The number of Topliss-reactive ketones (excluding diaryl/α,β-unsaturated/α-hetero) is 1. The molecule has 0 radical (unpaired) electrons. The van der Waals surface area contributed by atoms with Crippen LogP contribution in [-0.2, 0) is 9.53 Å². The van der Waals surface area contributed by atoms with E-state index in [-0.39, 0.29) is 31.7 Å². The first-order valence-electron chi connectivity index (χ1n) is 8.60. The quantitative estimate of drug-likeness (QED) is 0.754. The lowest BCUT2D eigenvalue weighted by Gasteiger charge is -2.31. The van der Waals surface area contributed by atoms with E-state index in [1.807, 2.05) is 18.2 Å². The lowest BCUT2D eigenvalue weighted by molar-refractivity contribution is -0.146. The summed E-state index contributed by atoms with van der Waals surface area (Å²) < 4.78 is 26.7. The number of benzene rings is 2. The maximum absolute atomic E-state index is 12.7. The third-order valence-corrected chi connectivity index (χ3v) is 5.25. The van der Waals surface area contributed by atoms with Crippen molar-refractivity contribution < 1.29 is 33.3 Å². The molecule has 0 aromatic heterocycles. The van der Waals surface area contributed by atoms with E-state index in [1.54, 1.807) is 12.1 Å². The fourth-order valence-electron chi connectivity index (χ4n) is 3.99. The Morgan fingerprint density at radius 2 is 1.63 bits per heavy atom. The first-order valence-corrected chi connectivity index (χ1v) is 8.60. The average molecular weight is 368 g/mol. The predicted octanol–water partition coefficient (Wildman–Crippen LogP) is 2.65. The number of fused-ring (bicyclic) bond motifs is 3. The van der Waals surface area contributed by atoms with Gasteiger partial charge in [0.2, 0.25) is 13.6 Å². The van der Waals surface area contributed by atoms with Crippen LogP contribution in [0.2, 0.25) is 0 Å². The van der Waals surface area contributed by atoms with Gasteiger partial charge in [0.25, 0.3) is 0 Å². The van der Waals surface area contributed by atoms with Crippen LogP contribution >= 0.6 is 0 Å². The second-order valence-electron chi connectivity index (χ2n) is 6.64. The summed E-state index contributed by atoms with van der Waals surface area (Å²) in [5, 5.41) is 0. The number of ketones is 1. The highest BCUT2D eigenvalue weighted by Gasteiger charge is 2.41. The molecule has 0 N–H and O–H groups in total. The van der Waals surface area contributed by atoms with Crippen LogP contribution in [0.15, 0.2) is 30.3 Å². The summed E-state index contributed by atoms with van der Waals surface area (Å²) in [5.41, 5.74) is 2.12. The standard InChI is InChI=1S/C20H16O7/c1-23-20(22)13-5-14(21)11-6-17-18(27-9-26-17)7-12(11)19(13)10-2-3-15-16(4-10)25-8-24-15/h2-4,6-7,13,19H,5,8-9H2,1H3/t13-,19-/m1/s1. The van der Waals surface area contributed by atoms with Gasteiger partial charge in [0.15, 0.2) is 28.8 Å². The molecular weight excluding hydrogens is 352 g/mol. The maximum Gasteiger partial charge on any atom is 0.310 e. The third kappa shape index (κ3) is 2.42. The zero-order chi connectivity index (χ0) is 18.5. The molecule has 2 heterocycles. The van der Waals surface area contributed by atoms with Crippen molar-refractivity contribution in [1.29, 1.82) is 0 Å². The molecule has 5 rings (SSSR count). The van der Waals surface area contributed by atoms with Crippen LogP contribution in [0.25, 0.3) is 0 Å². The van der Waals surface area contributed by atoms with Crippen molar-refractivity contribution in [2.75, 3.05) is 20.7 Å².